The maximum atomic E-state index is 13.2. The number of anilines is 1. The number of carbonyl (C=O) groups is 1. The van der Waals surface area contributed by atoms with Crippen LogP contribution in [0, 0.1) is 6.92 Å². The van der Waals surface area contributed by atoms with Crippen LogP contribution in [0.2, 0.25) is 5.02 Å². The number of benzene rings is 2. The van der Waals surface area contributed by atoms with E-state index in [4.69, 9.17) is 20.9 Å². The number of carbonyl (C=O) groups excluding carboxylic acids is 1. The van der Waals surface area contributed by atoms with Gasteiger partial charge in [0, 0.05) is 24.2 Å². The predicted octanol–water partition coefficient (Wildman–Crippen LogP) is 4.39. The lowest BCUT2D eigenvalue weighted by Gasteiger charge is -2.37. The zero-order valence-electron chi connectivity index (χ0n) is 16.0. The molecule has 2 heterocycles. The number of hydrogen-bond acceptors (Lipinski definition) is 5. The molecular formula is C22H22ClN3O3. The Hall–Kier alpha value is -2.67. The van der Waals surface area contributed by atoms with E-state index in [-0.39, 0.29) is 12.0 Å². The Morgan fingerprint density at radius 1 is 1.21 bits per heavy atom. The van der Waals surface area contributed by atoms with Crippen LogP contribution in [0.5, 0.6) is 0 Å². The Morgan fingerprint density at radius 3 is 2.66 bits per heavy atom. The number of morpholine rings is 1. The molecular weight excluding hydrogens is 390 g/mol. The van der Waals surface area contributed by atoms with Gasteiger partial charge in [0.25, 0.3) is 0 Å². The number of amides is 1. The standard InChI is InChI=1S/C22H22ClN3O3/c1-15-13-20(25-29-15)24-22(27)21(17-5-3-2-4-6-17)26-11-12-28-19(14-26)16-7-9-18(23)10-8-16/h2-10,13,19,21H,11-12,14H2,1H3,(H,24,25,27)/t19-,21-/m1/s1. The van der Waals surface area contributed by atoms with Gasteiger partial charge in [-0.25, -0.2) is 0 Å². The smallest absolute Gasteiger partial charge is 0.247 e. The summed E-state index contributed by atoms with van der Waals surface area (Å²) < 4.78 is 11.0. The summed E-state index contributed by atoms with van der Waals surface area (Å²) in [7, 11) is 0. The van der Waals surface area contributed by atoms with E-state index in [1.54, 1.807) is 13.0 Å². The Morgan fingerprint density at radius 2 is 1.97 bits per heavy atom. The summed E-state index contributed by atoms with van der Waals surface area (Å²) in [6, 6.07) is 18.6. The summed E-state index contributed by atoms with van der Waals surface area (Å²) >= 11 is 6.01. The van der Waals surface area contributed by atoms with Crippen LogP contribution in [0.25, 0.3) is 0 Å². The van der Waals surface area contributed by atoms with E-state index >= 15 is 0 Å². The van der Waals surface area contributed by atoms with Crippen LogP contribution in [0.3, 0.4) is 0 Å². The number of aryl methyl sites for hydroxylation is 1. The molecule has 0 radical (unpaired) electrons. The highest BCUT2D eigenvalue weighted by Crippen LogP contribution is 2.30. The van der Waals surface area contributed by atoms with Gasteiger partial charge >= 0.3 is 0 Å². The largest absolute Gasteiger partial charge is 0.371 e. The van der Waals surface area contributed by atoms with Crippen molar-refractivity contribution in [2.24, 2.45) is 0 Å². The monoisotopic (exact) mass is 411 g/mol. The molecule has 0 aliphatic carbocycles. The first-order valence-electron chi connectivity index (χ1n) is 9.50. The van der Waals surface area contributed by atoms with Gasteiger partial charge in [0.2, 0.25) is 5.91 Å². The van der Waals surface area contributed by atoms with Crippen LogP contribution >= 0.6 is 11.6 Å². The summed E-state index contributed by atoms with van der Waals surface area (Å²) in [6.07, 6.45) is -0.130. The van der Waals surface area contributed by atoms with Gasteiger partial charge in [0.05, 0.1) is 12.7 Å². The fraction of sp³-hybridized carbons (Fsp3) is 0.273. The molecule has 0 bridgehead atoms. The number of nitrogens with one attached hydrogen (secondary N) is 1. The molecule has 4 rings (SSSR count). The van der Waals surface area contributed by atoms with Gasteiger partial charge in [0.1, 0.15) is 11.8 Å². The Kier molecular flexibility index (Phi) is 5.94. The van der Waals surface area contributed by atoms with Crippen LogP contribution in [-0.2, 0) is 9.53 Å². The van der Waals surface area contributed by atoms with Gasteiger partial charge in [-0.15, -0.1) is 0 Å². The van der Waals surface area contributed by atoms with Crippen molar-refractivity contribution in [1.82, 2.24) is 10.1 Å². The second-order valence-electron chi connectivity index (χ2n) is 7.03. The molecule has 3 aromatic rings. The number of ether oxygens (including phenoxy) is 1. The molecule has 0 spiro atoms. The molecule has 0 saturated carbocycles. The van der Waals surface area contributed by atoms with Crippen molar-refractivity contribution in [1.29, 1.82) is 0 Å². The van der Waals surface area contributed by atoms with Gasteiger partial charge in [-0.3, -0.25) is 9.69 Å². The Bertz CT molecular complexity index is 959. The van der Waals surface area contributed by atoms with E-state index in [0.717, 1.165) is 11.1 Å². The minimum atomic E-state index is -0.466. The van der Waals surface area contributed by atoms with E-state index in [2.05, 4.69) is 15.4 Å². The molecule has 1 aromatic heterocycles. The van der Waals surface area contributed by atoms with Crippen LogP contribution in [0.4, 0.5) is 5.82 Å². The number of rotatable bonds is 5. The number of hydrogen-bond donors (Lipinski definition) is 1. The Balaban J connectivity index is 1.58. The zero-order valence-corrected chi connectivity index (χ0v) is 16.8. The van der Waals surface area contributed by atoms with Gasteiger partial charge in [0.15, 0.2) is 5.82 Å². The average Bonchev–Trinajstić information content (AvgIpc) is 3.14. The van der Waals surface area contributed by atoms with Gasteiger partial charge in [-0.05, 0) is 30.2 Å². The normalized spacial score (nSPS) is 18.3. The van der Waals surface area contributed by atoms with Crippen molar-refractivity contribution in [3.8, 4) is 0 Å². The van der Waals surface area contributed by atoms with Crippen LogP contribution in [0.1, 0.15) is 29.0 Å². The summed E-state index contributed by atoms with van der Waals surface area (Å²) in [5.74, 6) is 0.905. The molecule has 6 nitrogen and oxygen atoms in total. The third kappa shape index (κ3) is 4.67. The number of nitrogens with zero attached hydrogens (tertiary/aromatic N) is 2. The quantitative estimate of drug-likeness (QED) is 0.674. The number of aromatic nitrogens is 1. The molecule has 1 N–H and O–H groups in total. The minimum Gasteiger partial charge on any atom is -0.371 e. The molecule has 1 aliphatic heterocycles. The van der Waals surface area contributed by atoms with Gasteiger partial charge in [-0.2, -0.15) is 0 Å². The molecule has 29 heavy (non-hydrogen) atoms. The van der Waals surface area contributed by atoms with Crippen molar-refractivity contribution >= 4 is 23.3 Å². The maximum absolute atomic E-state index is 13.2. The third-order valence-electron chi connectivity index (χ3n) is 4.95. The van der Waals surface area contributed by atoms with E-state index < -0.39 is 6.04 Å². The predicted molar refractivity (Wildman–Crippen MR) is 111 cm³/mol. The molecule has 2 aromatic carbocycles. The second-order valence-corrected chi connectivity index (χ2v) is 7.47. The third-order valence-corrected chi connectivity index (χ3v) is 5.20. The molecule has 7 heteroatoms. The lowest BCUT2D eigenvalue weighted by atomic mass is 10.0. The fourth-order valence-electron chi connectivity index (χ4n) is 3.57. The molecule has 1 saturated heterocycles. The molecule has 1 fully saturated rings. The highest BCUT2D eigenvalue weighted by molar-refractivity contribution is 6.30. The molecule has 150 valence electrons. The van der Waals surface area contributed by atoms with Crippen molar-refractivity contribution in [2.75, 3.05) is 25.0 Å². The lowest BCUT2D eigenvalue weighted by molar-refractivity contribution is -0.125. The topological polar surface area (TPSA) is 67.6 Å². The summed E-state index contributed by atoms with van der Waals surface area (Å²) in [5.41, 5.74) is 1.96. The van der Waals surface area contributed by atoms with Crippen LogP contribution in [-0.4, -0.2) is 35.7 Å². The second kappa shape index (κ2) is 8.78. The molecule has 1 amide bonds. The summed E-state index contributed by atoms with van der Waals surface area (Å²) in [5, 5.41) is 7.45. The van der Waals surface area contributed by atoms with Gasteiger partial charge < -0.3 is 14.6 Å². The average molecular weight is 412 g/mol. The van der Waals surface area contributed by atoms with Crippen LogP contribution in [0.15, 0.2) is 65.2 Å². The maximum Gasteiger partial charge on any atom is 0.247 e. The minimum absolute atomic E-state index is 0.130. The van der Waals surface area contributed by atoms with E-state index in [9.17, 15) is 4.79 Å². The molecule has 1 aliphatic rings. The van der Waals surface area contributed by atoms with E-state index in [1.807, 2.05) is 54.6 Å². The summed E-state index contributed by atoms with van der Waals surface area (Å²) in [6.45, 7) is 3.56. The van der Waals surface area contributed by atoms with E-state index in [1.165, 1.54) is 0 Å². The molecule has 0 unspecified atom stereocenters. The first kappa shape index (κ1) is 19.6. The SMILES string of the molecule is Cc1cc(NC(=O)[C@@H](c2ccccc2)N2CCO[C@@H](c3ccc(Cl)cc3)C2)no1. The zero-order chi connectivity index (χ0) is 20.2. The lowest BCUT2D eigenvalue weighted by Crippen LogP contribution is -2.45. The highest BCUT2D eigenvalue weighted by atomic mass is 35.5. The van der Waals surface area contributed by atoms with Crippen molar-refractivity contribution in [3.05, 3.63) is 82.6 Å². The van der Waals surface area contributed by atoms with Crippen molar-refractivity contribution < 1.29 is 14.1 Å². The van der Waals surface area contributed by atoms with Gasteiger partial charge in [-0.1, -0.05) is 59.2 Å². The van der Waals surface area contributed by atoms with Crippen LogP contribution < -0.4 is 5.32 Å². The number of halogens is 1. The summed E-state index contributed by atoms with van der Waals surface area (Å²) in [4.78, 5) is 15.4. The first-order chi connectivity index (χ1) is 14.1. The first-order valence-corrected chi connectivity index (χ1v) is 9.88. The van der Waals surface area contributed by atoms with Crippen molar-refractivity contribution in [2.45, 2.75) is 19.1 Å². The van der Waals surface area contributed by atoms with E-state index in [0.29, 0.717) is 36.3 Å². The van der Waals surface area contributed by atoms with Crippen molar-refractivity contribution in [3.63, 3.8) is 0 Å². The Labute approximate surface area is 174 Å². The fourth-order valence-corrected chi connectivity index (χ4v) is 3.69. The molecule has 2 atom stereocenters. The highest BCUT2D eigenvalue weighted by Gasteiger charge is 2.33.